The molecular formula is C35H34N4O7. The molecule has 0 spiro atoms. The highest BCUT2D eigenvalue weighted by Crippen LogP contribution is 2.39. The van der Waals surface area contributed by atoms with E-state index in [9.17, 15) is 19.2 Å². The number of amides is 3. The number of benzene rings is 2. The van der Waals surface area contributed by atoms with Gasteiger partial charge < -0.3 is 23.7 Å². The first-order valence-corrected chi connectivity index (χ1v) is 15.3. The lowest BCUT2D eigenvalue weighted by molar-refractivity contribution is -0.136. The summed E-state index contributed by atoms with van der Waals surface area (Å²) in [4.78, 5) is 53.3. The van der Waals surface area contributed by atoms with Crippen LogP contribution in [0.15, 0.2) is 41.3 Å². The maximum Gasteiger partial charge on any atom is 0.256 e. The van der Waals surface area contributed by atoms with Gasteiger partial charge in [-0.15, -0.1) is 0 Å². The molecule has 11 nitrogen and oxygen atoms in total. The van der Waals surface area contributed by atoms with Gasteiger partial charge in [-0.2, -0.15) is 0 Å². The monoisotopic (exact) mass is 622 g/mol. The van der Waals surface area contributed by atoms with Crippen molar-refractivity contribution in [3.8, 4) is 34.5 Å². The van der Waals surface area contributed by atoms with E-state index in [1.165, 1.54) is 0 Å². The number of aryl methyl sites for hydroxylation is 1. The topological polar surface area (TPSA) is 119 Å². The minimum atomic E-state index is -0.634. The molecule has 0 radical (unpaired) electrons. The van der Waals surface area contributed by atoms with Gasteiger partial charge in [0.2, 0.25) is 11.8 Å². The summed E-state index contributed by atoms with van der Waals surface area (Å²) in [6.45, 7) is 3.26. The molecule has 2 saturated heterocycles. The van der Waals surface area contributed by atoms with Gasteiger partial charge in [0, 0.05) is 74.0 Å². The molecular weight excluding hydrogens is 588 g/mol. The van der Waals surface area contributed by atoms with Gasteiger partial charge in [-0.25, -0.2) is 0 Å². The Morgan fingerprint density at radius 1 is 0.978 bits per heavy atom. The first-order chi connectivity index (χ1) is 22.2. The molecule has 1 atom stereocenters. The number of nitrogens with zero attached hydrogens (tertiary/aromatic N) is 3. The van der Waals surface area contributed by atoms with Gasteiger partial charge in [-0.05, 0) is 53.4 Å². The molecule has 1 N–H and O–H groups in total. The maximum atomic E-state index is 13.0. The van der Waals surface area contributed by atoms with Crippen LogP contribution in [0, 0.1) is 17.8 Å². The van der Waals surface area contributed by atoms with Gasteiger partial charge in [0.15, 0.2) is 0 Å². The Balaban J connectivity index is 1.02. The lowest BCUT2D eigenvalue weighted by Gasteiger charge is -2.37. The average molecular weight is 623 g/mol. The van der Waals surface area contributed by atoms with Gasteiger partial charge in [0.1, 0.15) is 17.5 Å². The molecule has 1 aromatic heterocycles. The van der Waals surface area contributed by atoms with Crippen molar-refractivity contribution in [2.24, 2.45) is 13.0 Å². The van der Waals surface area contributed by atoms with Crippen LogP contribution in [0.3, 0.4) is 0 Å². The van der Waals surface area contributed by atoms with Crippen LogP contribution in [0.5, 0.6) is 11.5 Å². The minimum Gasteiger partial charge on any atom is -0.496 e. The number of carbonyl (C=O) groups excluding carboxylic acids is 3. The Morgan fingerprint density at radius 2 is 1.72 bits per heavy atom. The van der Waals surface area contributed by atoms with Crippen molar-refractivity contribution >= 4 is 17.7 Å². The number of aromatic nitrogens is 1. The van der Waals surface area contributed by atoms with Crippen molar-refractivity contribution in [3.05, 3.63) is 80.3 Å². The first kappa shape index (κ1) is 29.8. The molecule has 2 fully saturated rings. The number of likely N-dealkylation sites (tertiary alicyclic amines) is 1. The second kappa shape index (κ2) is 11.8. The number of imide groups is 1. The molecule has 0 bridgehead atoms. The van der Waals surface area contributed by atoms with E-state index in [1.54, 1.807) is 36.8 Å². The summed E-state index contributed by atoms with van der Waals surface area (Å²) in [5.41, 5.74) is 6.58. The highest BCUT2D eigenvalue weighted by molar-refractivity contribution is 6.05. The molecule has 3 aromatic rings. The van der Waals surface area contributed by atoms with Crippen molar-refractivity contribution in [3.63, 3.8) is 0 Å². The van der Waals surface area contributed by atoms with E-state index in [1.807, 2.05) is 30.5 Å². The largest absolute Gasteiger partial charge is 0.496 e. The van der Waals surface area contributed by atoms with Crippen molar-refractivity contribution in [2.75, 3.05) is 27.3 Å². The molecule has 2 aromatic carbocycles. The van der Waals surface area contributed by atoms with Gasteiger partial charge in [-0.1, -0.05) is 11.8 Å². The van der Waals surface area contributed by atoms with Gasteiger partial charge in [-0.3, -0.25) is 29.4 Å². The van der Waals surface area contributed by atoms with Gasteiger partial charge in [0.25, 0.3) is 11.5 Å². The van der Waals surface area contributed by atoms with E-state index in [0.29, 0.717) is 55.4 Å². The van der Waals surface area contributed by atoms with E-state index in [-0.39, 0.29) is 29.7 Å². The van der Waals surface area contributed by atoms with Crippen molar-refractivity contribution < 1.29 is 28.6 Å². The highest BCUT2D eigenvalue weighted by atomic mass is 16.5. The zero-order chi connectivity index (χ0) is 32.1. The summed E-state index contributed by atoms with van der Waals surface area (Å²) in [6, 6.07) is 8.90. The number of carbonyl (C=O) groups is 3. The number of pyridine rings is 1. The van der Waals surface area contributed by atoms with Crippen LogP contribution in [0.4, 0.5) is 0 Å². The second-order valence-corrected chi connectivity index (χ2v) is 12.2. The van der Waals surface area contributed by atoms with Crippen molar-refractivity contribution in [2.45, 2.75) is 45.2 Å². The highest BCUT2D eigenvalue weighted by Gasteiger charge is 2.39. The molecule has 5 heterocycles. The molecule has 0 aliphatic carbocycles. The SMILES string of the molecule is COc1cc(-c2cn(C)c(=O)c3c2COC3)cc(OC)c1CN1CC(C#Cc2ccc3c(c2)CN(C2CCC(=O)NC2=O)C3=O)C1. The lowest BCUT2D eigenvalue weighted by Crippen LogP contribution is -2.52. The lowest BCUT2D eigenvalue weighted by atomic mass is 9.95. The molecule has 4 aliphatic rings. The third-order valence-corrected chi connectivity index (χ3v) is 9.29. The molecule has 4 aliphatic heterocycles. The average Bonchev–Trinajstić information content (AvgIpc) is 3.65. The summed E-state index contributed by atoms with van der Waals surface area (Å²) in [6.07, 6.45) is 2.41. The van der Waals surface area contributed by atoms with E-state index in [2.05, 4.69) is 22.1 Å². The third-order valence-electron chi connectivity index (χ3n) is 9.29. The smallest absolute Gasteiger partial charge is 0.256 e. The summed E-state index contributed by atoms with van der Waals surface area (Å²) in [7, 11) is 5.04. The van der Waals surface area contributed by atoms with E-state index < -0.39 is 11.9 Å². The summed E-state index contributed by atoms with van der Waals surface area (Å²) < 4.78 is 18.9. The predicted molar refractivity (Wildman–Crippen MR) is 167 cm³/mol. The molecule has 7 rings (SSSR count). The number of hydrogen-bond acceptors (Lipinski definition) is 8. The Hall–Kier alpha value is -4.92. The molecule has 236 valence electrons. The van der Waals surface area contributed by atoms with Crippen LogP contribution in [0.2, 0.25) is 0 Å². The van der Waals surface area contributed by atoms with Crippen LogP contribution < -0.4 is 20.3 Å². The van der Waals surface area contributed by atoms with Gasteiger partial charge in [0.05, 0.1) is 33.0 Å². The summed E-state index contributed by atoms with van der Waals surface area (Å²) in [5, 5.41) is 2.34. The first-order valence-electron chi connectivity index (χ1n) is 15.3. The van der Waals surface area contributed by atoms with E-state index in [0.717, 1.165) is 46.5 Å². The number of nitrogens with one attached hydrogen (secondary N) is 1. The Bertz CT molecular complexity index is 1890. The van der Waals surface area contributed by atoms with E-state index >= 15 is 0 Å². The molecule has 0 saturated carbocycles. The minimum absolute atomic E-state index is 0.0371. The fourth-order valence-corrected chi connectivity index (χ4v) is 6.80. The zero-order valence-corrected chi connectivity index (χ0v) is 26.0. The fourth-order valence-electron chi connectivity index (χ4n) is 6.80. The Morgan fingerprint density at radius 3 is 2.43 bits per heavy atom. The zero-order valence-electron chi connectivity index (χ0n) is 26.0. The van der Waals surface area contributed by atoms with E-state index in [4.69, 9.17) is 14.2 Å². The number of hydrogen-bond donors (Lipinski definition) is 1. The van der Waals surface area contributed by atoms with Crippen LogP contribution >= 0.6 is 0 Å². The summed E-state index contributed by atoms with van der Waals surface area (Å²) >= 11 is 0. The van der Waals surface area contributed by atoms with Crippen LogP contribution in [0.1, 0.15) is 51.0 Å². The number of methoxy groups -OCH3 is 2. The number of piperidine rings is 1. The summed E-state index contributed by atoms with van der Waals surface area (Å²) in [5.74, 6) is 7.35. The fraction of sp³-hybridized carbons (Fsp3) is 0.371. The molecule has 46 heavy (non-hydrogen) atoms. The van der Waals surface area contributed by atoms with Crippen LogP contribution in [-0.2, 0) is 47.7 Å². The third kappa shape index (κ3) is 5.23. The molecule has 1 unspecified atom stereocenters. The van der Waals surface area contributed by atoms with Crippen molar-refractivity contribution in [1.82, 2.24) is 19.7 Å². The van der Waals surface area contributed by atoms with Gasteiger partial charge >= 0.3 is 0 Å². The molecule has 11 heteroatoms. The van der Waals surface area contributed by atoms with Crippen LogP contribution in [0.25, 0.3) is 11.1 Å². The standard InChI is InChI=1S/C35H34N4O7/c1-37-16-25(27-18-46-19-28(27)34(37)42)22-11-30(44-2)26(31(12-22)45-3)17-38-13-21(14-38)5-4-20-6-7-24-23(10-20)15-39(35(24)43)29-8-9-32(40)36-33(29)41/h6-7,10-12,16,21,29H,8-9,13-15,17-19H2,1-3H3,(H,36,40,41). The number of fused-ring (bicyclic) bond motifs is 2. The Kier molecular flexibility index (Phi) is 7.63. The maximum absolute atomic E-state index is 13.0. The predicted octanol–water partition coefficient (Wildman–Crippen LogP) is 2.34. The van der Waals surface area contributed by atoms with Crippen molar-refractivity contribution in [1.29, 1.82) is 0 Å². The molecule has 3 amide bonds. The Labute approximate surface area is 266 Å². The quantitative estimate of drug-likeness (QED) is 0.329. The number of ether oxygens (including phenoxy) is 3. The van der Waals surface area contributed by atoms with Crippen LogP contribution in [-0.4, -0.2) is 65.4 Å². The normalized spacial score (nSPS) is 19.2. The number of rotatable bonds is 6. The second-order valence-electron chi connectivity index (χ2n) is 12.2.